The van der Waals surface area contributed by atoms with E-state index in [0.717, 1.165) is 76.8 Å². The van der Waals surface area contributed by atoms with Crippen molar-refractivity contribution in [1.82, 2.24) is 84.5 Å². The first kappa shape index (κ1) is 78.9. The lowest BCUT2D eigenvalue weighted by Gasteiger charge is -2.17. The number of likely N-dealkylation sites (tertiary alicyclic amines) is 3. The number of rotatable bonds is 20. The van der Waals surface area contributed by atoms with Gasteiger partial charge >= 0.3 is 0 Å². The summed E-state index contributed by atoms with van der Waals surface area (Å²) in [5, 5.41) is 35.3. The van der Waals surface area contributed by atoms with E-state index in [9.17, 15) is 33.8 Å². The third-order valence-corrected chi connectivity index (χ3v) is 22.6. The summed E-state index contributed by atoms with van der Waals surface area (Å²) in [5.41, 5.74) is 15.5. The van der Waals surface area contributed by atoms with Crippen molar-refractivity contribution in [3.8, 4) is 0 Å². The first-order valence-corrected chi connectivity index (χ1v) is 40.2. The number of nitrogens with two attached hydrogens (primary N) is 1. The molecule has 10 aromatic heterocycles. The van der Waals surface area contributed by atoms with Gasteiger partial charge < -0.3 is 51.9 Å². The molecular formula is C79H85FN22O6S4. The summed E-state index contributed by atoms with van der Waals surface area (Å²) >= 11 is 5.50. The van der Waals surface area contributed by atoms with E-state index in [-0.39, 0.29) is 47.7 Å². The molecule has 0 unspecified atom stereocenters. The van der Waals surface area contributed by atoms with Crippen LogP contribution in [0.2, 0.25) is 0 Å². The van der Waals surface area contributed by atoms with Crippen molar-refractivity contribution in [1.29, 1.82) is 0 Å². The van der Waals surface area contributed by atoms with E-state index in [4.69, 9.17) is 5.73 Å². The van der Waals surface area contributed by atoms with Gasteiger partial charge in [-0.05, 0) is 134 Å². The highest BCUT2D eigenvalue weighted by Gasteiger charge is 2.32. The quantitative estimate of drug-likeness (QED) is 0.0348. The number of β-amino-alcohol motifs (C(OH)–C–C–N with tert-alkyl or cyclic N) is 2. The molecule has 13 aromatic rings. The first-order chi connectivity index (χ1) is 54.0. The summed E-state index contributed by atoms with van der Waals surface area (Å²) in [6.07, 6.45) is 8.73. The number of nitrogens with zero attached hydrogens (tertiary/aromatic N) is 17. The normalized spacial score (nSPS) is 15.7. The number of carbonyl (C=O) groups excluding carboxylic acids is 4. The smallest absolute Gasteiger partial charge is 0.274 e. The molecule has 28 nitrogen and oxygen atoms in total. The molecule has 3 aliphatic heterocycles. The molecule has 6 atom stereocenters. The lowest BCUT2D eigenvalue weighted by molar-refractivity contribution is 0.0756. The van der Waals surface area contributed by atoms with Gasteiger partial charge in [0.05, 0.1) is 63.3 Å². The average Bonchev–Trinajstić information content (AvgIpc) is 1.56. The minimum absolute atomic E-state index is 0.000582. The second-order valence-electron chi connectivity index (χ2n) is 27.6. The zero-order valence-corrected chi connectivity index (χ0v) is 66.3. The van der Waals surface area contributed by atoms with Gasteiger partial charge in [-0.2, -0.15) is 19.9 Å². The maximum Gasteiger partial charge on any atom is 0.274 e. The largest absolute Gasteiger partial charge is 0.391 e. The number of benzene rings is 3. The molecule has 3 fully saturated rings. The predicted molar refractivity (Wildman–Crippen MR) is 436 cm³/mol. The second kappa shape index (κ2) is 35.9. The lowest BCUT2D eigenvalue weighted by Crippen LogP contribution is -2.30. The summed E-state index contributed by atoms with van der Waals surface area (Å²) in [4.78, 5) is 119. The van der Waals surface area contributed by atoms with Crippen LogP contribution < -0.4 is 27.0 Å². The van der Waals surface area contributed by atoms with Gasteiger partial charge in [-0.3, -0.25) is 29.1 Å². The number of thiazole rings is 4. The van der Waals surface area contributed by atoms with Crippen LogP contribution in [0.25, 0.3) is 41.4 Å². The van der Waals surface area contributed by atoms with Gasteiger partial charge in [0.1, 0.15) is 30.3 Å². The highest BCUT2D eigenvalue weighted by molar-refractivity contribution is 7.22. The van der Waals surface area contributed by atoms with Crippen LogP contribution in [0, 0.1) is 33.5 Å². The molecule has 16 rings (SSSR count). The SMILES string of the molecule is C[C@H](Nc1nc(C(=O)N2CCCC2)c2sc(N)nc2n1)c1ccccc1.Cc1ccc(CCCC(=O)c2nc(N[C@@H](C)c3cncc(F)c3)nc3nc(C)sc23)cc1.Cc1nc2nc(N[C@@H](C)c3ccccc3)nc(C(=O)N3CC[C@H](O)C3)c2s1.Cc1nc2nc(N[C@@H](C)c3ccccn3)nc(C(=O)N3CC[C@@H](O)C3)c2s1. The van der Waals surface area contributed by atoms with Crippen LogP contribution in [0.4, 0.5) is 33.3 Å². The monoisotopic (exact) mass is 1580 g/mol. The van der Waals surface area contributed by atoms with Gasteiger partial charge in [0.25, 0.3) is 17.7 Å². The average molecular weight is 1590 g/mol. The number of pyridine rings is 2. The van der Waals surface area contributed by atoms with E-state index in [0.29, 0.717) is 144 Å². The molecule has 3 amide bonds. The van der Waals surface area contributed by atoms with Crippen LogP contribution in [-0.4, -0.2) is 170 Å². The number of aryl methyl sites for hydroxylation is 5. The fraction of sp³-hybridized carbons (Fsp3) is 0.342. The number of Topliss-reactive ketones (excluding diaryl/α,β-unsaturated/α-hetero) is 1. The molecule has 8 N–H and O–H groups in total. The maximum atomic E-state index is 13.5. The fourth-order valence-corrected chi connectivity index (χ4v) is 16.2. The van der Waals surface area contributed by atoms with Crippen LogP contribution in [0.1, 0.15) is 181 Å². The van der Waals surface area contributed by atoms with E-state index >= 15 is 0 Å². The van der Waals surface area contributed by atoms with Gasteiger partial charge in [-0.15, -0.1) is 34.0 Å². The Hall–Kier alpha value is -11.2. The maximum absolute atomic E-state index is 13.5. The molecule has 0 aliphatic carbocycles. The van der Waals surface area contributed by atoms with E-state index < -0.39 is 18.0 Å². The highest BCUT2D eigenvalue weighted by atomic mass is 32.1. The van der Waals surface area contributed by atoms with Crippen LogP contribution in [0.15, 0.2) is 128 Å². The second-order valence-corrected chi connectivity index (χ2v) is 32.2. The van der Waals surface area contributed by atoms with Crippen molar-refractivity contribution >= 4 is 139 Å². The van der Waals surface area contributed by atoms with Gasteiger partial charge in [-0.1, -0.05) is 108 Å². The van der Waals surface area contributed by atoms with Crippen molar-refractivity contribution in [2.45, 2.75) is 137 Å². The Bertz CT molecular complexity index is 5320. The van der Waals surface area contributed by atoms with Crippen molar-refractivity contribution in [3.05, 3.63) is 205 Å². The number of hydrogen-bond acceptors (Lipinski definition) is 29. The Morgan fingerprint density at radius 2 is 0.920 bits per heavy atom. The van der Waals surface area contributed by atoms with Gasteiger partial charge in [-0.25, -0.2) is 44.3 Å². The van der Waals surface area contributed by atoms with Crippen LogP contribution in [0.3, 0.4) is 0 Å². The first-order valence-electron chi connectivity index (χ1n) is 36.9. The molecule has 33 heteroatoms. The Balaban J connectivity index is 0.000000131. The zero-order valence-electron chi connectivity index (χ0n) is 63.0. The molecule has 3 saturated heterocycles. The molecule has 13 heterocycles. The number of carbonyl (C=O) groups is 4. The van der Waals surface area contributed by atoms with Crippen molar-refractivity contribution in [2.24, 2.45) is 0 Å². The Morgan fingerprint density at radius 1 is 0.491 bits per heavy atom. The number of nitrogens with one attached hydrogen (secondary N) is 4. The third kappa shape index (κ3) is 19.5. The zero-order chi connectivity index (χ0) is 78.7. The highest BCUT2D eigenvalue weighted by Crippen LogP contribution is 2.34. The molecule has 0 bridgehead atoms. The Kier molecular flexibility index (Phi) is 25.2. The molecule has 578 valence electrons. The van der Waals surface area contributed by atoms with Crippen LogP contribution in [-0.2, 0) is 6.42 Å². The topological polar surface area (TPSA) is 373 Å². The predicted octanol–water partition coefficient (Wildman–Crippen LogP) is 13.6. The van der Waals surface area contributed by atoms with Gasteiger partial charge in [0.15, 0.2) is 50.6 Å². The summed E-state index contributed by atoms with van der Waals surface area (Å²) in [6, 6.07) is 35.0. The number of aromatic nitrogens is 14. The van der Waals surface area contributed by atoms with Gasteiger partial charge in [0.2, 0.25) is 23.8 Å². The minimum Gasteiger partial charge on any atom is -0.391 e. The molecule has 0 spiro atoms. The molecule has 0 radical (unpaired) electrons. The number of ketones is 1. The third-order valence-electron chi connectivity index (χ3n) is 18.8. The van der Waals surface area contributed by atoms with E-state index in [1.165, 1.54) is 62.5 Å². The summed E-state index contributed by atoms with van der Waals surface area (Å²) < 4.78 is 16.3. The summed E-state index contributed by atoms with van der Waals surface area (Å²) in [5.74, 6) is 0.510. The number of aliphatic hydroxyl groups is 2. The summed E-state index contributed by atoms with van der Waals surface area (Å²) in [6.45, 7) is 18.8. The Labute approximate surface area is 661 Å². The molecule has 3 aliphatic rings. The Morgan fingerprint density at radius 3 is 1.38 bits per heavy atom. The van der Waals surface area contributed by atoms with Gasteiger partial charge in [0, 0.05) is 58.1 Å². The number of amides is 3. The lowest BCUT2D eigenvalue weighted by atomic mass is 10.0. The number of fused-ring (bicyclic) bond motifs is 4. The van der Waals surface area contributed by atoms with Crippen molar-refractivity contribution in [2.75, 3.05) is 66.3 Å². The van der Waals surface area contributed by atoms with E-state index in [1.807, 2.05) is 132 Å². The number of hydrogen-bond donors (Lipinski definition) is 7. The molecule has 0 saturated carbocycles. The van der Waals surface area contributed by atoms with Crippen molar-refractivity contribution in [3.63, 3.8) is 0 Å². The number of nitrogen functional groups attached to an aromatic ring is 1. The minimum atomic E-state index is -0.476. The molecule has 3 aromatic carbocycles. The molecular weight excluding hydrogens is 1500 g/mol. The number of aliphatic hydroxyl groups excluding tert-OH is 2. The van der Waals surface area contributed by atoms with E-state index in [1.54, 1.807) is 22.2 Å². The fourth-order valence-electron chi connectivity index (χ4n) is 12.9. The summed E-state index contributed by atoms with van der Waals surface area (Å²) in [7, 11) is 0. The van der Waals surface area contributed by atoms with E-state index in [2.05, 4.69) is 122 Å². The van der Waals surface area contributed by atoms with Crippen molar-refractivity contribution < 1.29 is 33.8 Å². The standard InChI is InChI=1S/C24H24FN5OS.C19H21N5O2S.C18H20N6O2S.C18H20N6OS/c1-14-7-9-17(10-8-14)5-4-6-20(31)21-22-23(28-16(3)32-22)30-24(29-21)27-15(2)18-11-19(25)13-26-12-18;1-11(13-6-4-3-5-7-13)20-19-22-15(16-17(23-19)21-12(2)27-16)18(26)24-9-8-14(25)10-24;1-10(13-5-3-4-7-19-13)20-18-22-14(15-16(23-18)21-11(2)27-15)17(26)24-8-6-12(25)9-24;1-11(12-7-3-2-4-8-12)20-18-21-13(16(25)24-9-5-6-10-24)14-15(23-18)22-17(19)26-14/h7-13,15H,4-6H2,1-3H3,(H,27,29,30);3-7,11,14,25H,8-10H2,1-2H3,(H,20,22,23);3-5,7,10,12,25H,6,8-9H2,1-2H3,(H,20,22,23);2-4,7-8,11H,5-6,9-10H2,1H3,(H3,19,20,21,22,23)/t15-;11-,14-;10-,12+;11-/m0000/s1. The van der Waals surface area contributed by atoms with Crippen LogP contribution in [0.5, 0.6) is 0 Å². The van der Waals surface area contributed by atoms with Crippen LogP contribution >= 0.6 is 45.3 Å². The number of anilines is 5. The molecule has 112 heavy (non-hydrogen) atoms. The number of halogens is 1.